The molecule has 0 amide bonds. The molecule has 0 aliphatic carbocycles. The van der Waals surface area contributed by atoms with Crippen LogP contribution in [0.1, 0.15) is 44.2 Å². The molecule has 1 rings (SSSR count). The summed E-state index contributed by atoms with van der Waals surface area (Å²) in [5.74, 6) is 0. The van der Waals surface area contributed by atoms with Crippen LogP contribution in [0.2, 0.25) is 0 Å². The molecule has 1 N–H and O–H groups in total. The first-order valence-electron chi connectivity index (χ1n) is 6.15. The van der Waals surface area contributed by atoms with Crippen molar-refractivity contribution in [3.8, 4) is 0 Å². The first-order valence-corrected chi connectivity index (χ1v) is 6.15. The maximum absolute atomic E-state index is 3.47. The predicted octanol–water partition coefficient (Wildman–Crippen LogP) is 3.53. The Kier molecular flexibility index (Phi) is 6.10. The summed E-state index contributed by atoms with van der Waals surface area (Å²) in [6.45, 7) is 6.58. The van der Waals surface area contributed by atoms with Gasteiger partial charge in [-0.15, -0.1) is 0 Å². The first kappa shape index (κ1) is 12.3. The Bertz CT molecular complexity index is 251. The second-order valence-corrected chi connectivity index (χ2v) is 4.05. The van der Waals surface area contributed by atoms with E-state index >= 15 is 0 Å². The van der Waals surface area contributed by atoms with Gasteiger partial charge in [-0.2, -0.15) is 0 Å². The van der Waals surface area contributed by atoms with Crippen LogP contribution in [0.5, 0.6) is 0 Å². The van der Waals surface area contributed by atoms with E-state index in [2.05, 4.69) is 43.4 Å². The van der Waals surface area contributed by atoms with Crippen molar-refractivity contribution in [2.24, 2.45) is 0 Å². The molecule has 0 heterocycles. The molecule has 15 heavy (non-hydrogen) atoms. The standard InChI is InChI=1S/C14H23N/c1-3-5-6-11-15-12-14-9-7-13(4-2)8-10-14/h7-10,15H,3-6,11-12H2,1-2H3. The molecule has 0 atom stereocenters. The van der Waals surface area contributed by atoms with E-state index < -0.39 is 0 Å². The number of unbranched alkanes of at least 4 members (excludes halogenated alkanes) is 2. The van der Waals surface area contributed by atoms with Crippen molar-refractivity contribution in [2.45, 2.75) is 46.1 Å². The van der Waals surface area contributed by atoms with Gasteiger partial charge in [0.1, 0.15) is 0 Å². The largest absolute Gasteiger partial charge is 0.313 e. The summed E-state index contributed by atoms with van der Waals surface area (Å²) in [5.41, 5.74) is 2.81. The van der Waals surface area contributed by atoms with E-state index in [9.17, 15) is 0 Å². The topological polar surface area (TPSA) is 12.0 Å². The van der Waals surface area contributed by atoms with Gasteiger partial charge in [-0.1, -0.05) is 51.0 Å². The second-order valence-electron chi connectivity index (χ2n) is 4.05. The molecule has 0 radical (unpaired) electrons. The highest BCUT2D eigenvalue weighted by molar-refractivity contribution is 5.22. The molecule has 0 spiro atoms. The minimum Gasteiger partial charge on any atom is -0.313 e. The lowest BCUT2D eigenvalue weighted by Crippen LogP contribution is -2.14. The molecular formula is C14H23N. The molecule has 0 bridgehead atoms. The third kappa shape index (κ3) is 4.98. The van der Waals surface area contributed by atoms with Gasteiger partial charge in [0.05, 0.1) is 0 Å². The Morgan fingerprint density at radius 3 is 2.20 bits per heavy atom. The second kappa shape index (κ2) is 7.47. The van der Waals surface area contributed by atoms with Crippen molar-refractivity contribution in [1.82, 2.24) is 5.32 Å². The van der Waals surface area contributed by atoms with Crippen LogP contribution in [-0.2, 0) is 13.0 Å². The summed E-state index contributed by atoms with van der Waals surface area (Å²) in [4.78, 5) is 0. The fraction of sp³-hybridized carbons (Fsp3) is 0.571. The summed E-state index contributed by atoms with van der Waals surface area (Å²) < 4.78 is 0. The van der Waals surface area contributed by atoms with Crippen LogP contribution >= 0.6 is 0 Å². The zero-order valence-electron chi connectivity index (χ0n) is 10.1. The number of benzene rings is 1. The average molecular weight is 205 g/mol. The third-order valence-electron chi connectivity index (χ3n) is 2.72. The Balaban J connectivity index is 2.20. The molecule has 1 nitrogen and oxygen atoms in total. The summed E-state index contributed by atoms with van der Waals surface area (Å²) in [6, 6.07) is 8.91. The van der Waals surface area contributed by atoms with Crippen LogP contribution in [0.4, 0.5) is 0 Å². The Morgan fingerprint density at radius 2 is 1.60 bits per heavy atom. The molecule has 1 aromatic carbocycles. The minimum absolute atomic E-state index is 1.01. The quantitative estimate of drug-likeness (QED) is 0.671. The van der Waals surface area contributed by atoms with Crippen LogP contribution < -0.4 is 5.32 Å². The van der Waals surface area contributed by atoms with E-state index in [1.807, 2.05) is 0 Å². The van der Waals surface area contributed by atoms with Crippen molar-refractivity contribution in [3.05, 3.63) is 35.4 Å². The lowest BCUT2D eigenvalue weighted by atomic mass is 10.1. The summed E-state index contributed by atoms with van der Waals surface area (Å²) in [7, 11) is 0. The lowest BCUT2D eigenvalue weighted by molar-refractivity contribution is 0.617. The van der Waals surface area contributed by atoms with E-state index in [0.717, 1.165) is 19.5 Å². The maximum Gasteiger partial charge on any atom is 0.0205 e. The van der Waals surface area contributed by atoms with Gasteiger partial charge in [-0.05, 0) is 30.5 Å². The summed E-state index contributed by atoms with van der Waals surface area (Å²) in [6.07, 6.45) is 5.06. The first-order chi connectivity index (χ1) is 7.36. The smallest absolute Gasteiger partial charge is 0.0205 e. The monoisotopic (exact) mass is 205 g/mol. The van der Waals surface area contributed by atoms with Gasteiger partial charge < -0.3 is 5.32 Å². The lowest BCUT2D eigenvalue weighted by Gasteiger charge is -2.05. The van der Waals surface area contributed by atoms with Crippen molar-refractivity contribution in [2.75, 3.05) is 6.54 Å². The van der Waals surface area contributed by atoms with Crippen molar-refractivity contribution in [3.63, 3.8) is 0 Å². The van der Waals surface area contributed by atoms with E-state index in [1.54, 1.807) is 0 Å². The molecule has 0 saturated heterocycles. The highest BCUT2D eigenvalue weighted by Crippen LogP contribution is 2.04. The van der Waals surface area contributed by atoms with Crippen LogP contribution in [0.3, 0.4) is 0 Å². The fourth-order valence-electron chi connectivity index (χ4n) is 1.63. The average Bonchev–Trinajstić information content (AvgIpc) is 2.30. The van der Waals surface area contributed by atoms with Crippen molar-refractivity contribution >= 4 is 0 Å². The van der Waals surface area contributed by atoms with Crippen LogP contribution in [0.15, 0.2) is 24.3 Å². The normalized spacial score (nSPS) is 10.5. The zero-order chi connectivity index (χ0) is 10.9. The molecular weight excluding hydrogens is 182 g/mol. The van der Waals surface area contributed by atoms with E-state index in [1.165, 1.54) is 30.4 Å². The summed E-state index contributed by atoms with van der Waals surface area (Å²) in [5, 5.41) is 3.47. The van der Waals surface area contributed by atoms with Gasteiger partial charge in [0.2, 0.25) is 0 Å². The van der Waals surface area contributed by atoms with E-state index in [0.29, 0.717) is 0 Å². The number of hydrogen-bond acceptors (Lipinski definition) is 1. The molecule has 0 aromatic heterocycles. The number of rotatable bonds is 7. The van der Waals surface area contributed by atoms with Gasteiger partial charge in [0.25, 0.3) is 0 Å². The number of nitrogens with one attached hydrogen (secondary N) is 1. The highest BCUT2D eigenvalue weighted by Gasteiger charge is 1.93. The Labute approximate surface area is 93.9 Å². The SMILES string of the molecule is CCCCCNCc1ccc(CC)cc1. The number of aryl methyl sites for hydroxylation is 1. The van der Waals surface area contributed by atoms with Gasteiger partial charge in [0, 0.05) is 6.54 Å². The van der Waals surface area contributed by atoms with Crippen molar-refractivity contribution in [1.29, 1.82) is 0 Å². The molecule has 84 valence electrons. The highest BCUT2D eigenvalue weighted by atomic mass is 14.8. The van der Waals surface area contributed by atoms with Gasteiger partial charge in [-0.3, -0.25) is 0 Å². The van der Waals surface area contributed by atoms with Gasteiger partial charge in [0.15, 0.2) is 0 Å². The molecule has 0 aliphatic heterocycles. The molecule has 0 saturated carbocycles. The fourth-order valence-corrected chi connectivity index (χ4v) is 1.63. The third-order valence-corrected chi connectivity index (χ3v) is 2.72. The molecule has 0 unspecified atom stereocenters. The van der Waals surface area contributed by atoms with Crippen LogP contribution in [0.25, 0.3) is 0 Å². The zero-order valence-corrected chi connectivity index (χ0v) is 10.1. The van der Waals surface area contributed by atoms with E-state index in [4.69, 9.17) is 0 Å². The maximum atomic E-state index is 3.47. The predicted molar refractivity (Wildman–Crippen MR) is 67.1 cm³/mol. The van der Waals surface area contributed by atoms with Crippen LogP contribution in [-0.4, -0.2) is 6.54 Å². The minimum atomic E-state index is 1.01. The molecule has 1 aromatic rings. The number of hydrogen-bond donors (Lipinski definition) is 1. The Hall–Kier alpha value is -0.820. The summed E-state index contributed by atoms with van der Waals surface area (Å²) >= 11 is 0. The van der Waals surface area contributed by atoms with Crippen LogP contribution in [0, 0.1) is 0 Å². The van der Waals surface area contributed by atoms with Gasteiger partial charge in [-0.25, -0.2) is 0 Å². The molecule has 0 fully saturated rings. The van der Waals surface area contributed by atoms with Crippen molar-refractivity contribution < 1.29 is 0 Å². The Morgan fingerprint density at radius 1 is 0.933 bits per heavy atom. The van der Waals surface area contributed by atoms with Gasteiger partial charge >= 0.3 is 0 Å². The molecule has 0 aliphatic rings. The molecule has 1 heteroatoms. The van der Waals surface area contributed by atoms with E-state index in [-0.39, 0.29) is 0 Å².